The van der Waals surface area contributed by atoms with E-state index in [0.717, 1.165) is 0 Å². The van der Waals surface area contributed by atoms with Crippen LogP contribution in [0.15, 0.2) is 24.3 Å². The van der Waals surface area contributed by atoms with Gasteiger partial charge in [0.1, 0.15) is 6.54 Å². The van der Waals surface area contributed by atoms with Gasteiger partial charge in [-0.25, -0.2) is 4.79 Å². The largest absolute Gasteiger partial charge is 0.465 e. The number of carbonyl (C=O) groups is 3. The normalized spacial score (nSPS) is 10.1. The van der Waals surface area contributed by atoms with Crippen molar-refractivity contribution in [2.45, 2.75) is 26.8 Å². The maximum Gasteiger partial charge on any atom is 0.337 e. The minimum atomic E-state index is -0.494. The Morgan fingerprint density at radius 1 is 1.29 bits per heavy atom. The van der Waals surface area contributed by atoms with Crippen molar-refractivity contribution in [3.8, 4) is 0 Å². The van der Waals surface area contributed by atoms with E-state index < -0.39 is 5.97 Å². The van der Waals surface area contributed by atoms with E-state index in [9.17, 15) is 14.4 Å². The molecule has 0 aliphatic heterocycles. The van der Waals surface area contributed by atoms with Crippen LogP contribution in [0.4, 0.5) is 5.69 Å². The number of benzene rings is 1. The third-order valence-electron chi connectivity index (χ3n) is 2.71. The van der Waals surface area contributed by atoms with Crippen molar-refractivity contribution in [2.24, 2.45) is 0 Å². The van der Waals surface area contributed by atoms with Gasteiger partial charge >= 0.3 is 5.97 Å². The number of esters is 1. The molecule has 0 radical (unpaired) electrons. The van der Waals surface area contributed by atoms with Crippen LogP contribution in [-0.4, -0.2) is 37.5 Å². The summed E-state index contributed by atoms with van der Waals surface area (Å²) >= 11 is 0. The van der Waals surface area contributed by atoms with Gasteiger partial charge in [0.05, 0.1) is 12.7 Å². The van der Waals surface area contributed by atoms with E-state index in [0.29, 0.717) is 11.3 Å². The Bertz CT molecular complexity index is 540. The minimum absolute atomic E-state index is 0.00675. The molecule has 0 saturated carbocycles. The first-order chi connectivity index (χ1) is 9.85. The molecule has 114 valence electrons. The third kappa shape index (κ3) is 4.91. The van der Waals surface area contributed by atoms with Gasteiger partial charge in [-0.3, -0.25) is 9.59 Å². The number of anilines is 1. The zero-order chi connectivity index (χ0) is 16.0. The average Bonchev–Trinajstić information content (AvgIpc) is 2.43. The highest BCUT2D eigenvalue weighted by atomic mass is 16.5. The summed E-state index contributed by atoms with van der Waals surface area (Å²) in [6, 6.07) is 6.40. The van der Waals surface area contributed by atoms with Crippen LogP contribution >= 0.6 is 0 Å². The van der Waals surface area contributed by atoms with Gasteiger partial charge in [-0.05, 0) is 32.0 Å². The fourth-order valence-corrected chi connectivity index (χ4v) is 1.81. The Morgan fingerprint density at radius 3 is 2.48 bits per heavy atom. The standard InChI is InChI=1S/C15H20N2O4/c1-10(2)16-14(19)9-17(11(3)18)13-7-5-6-12(8-13)15(20)21-4/h5-8,10H,9H2,1-4H3,(H,16,19). The van der Waals surface area contributed by atoms with Crippen molar-refractivity contribution in [1.29, 1.82) is 0 Å². The van der Waals surface area contributed by atoms with E-state index in [4.69, 9.17) is 0 Å². The Morgan fingerprint density at radius 2 is 1.95 bits per heavy atom. The minimum Gasteiger partial charge on any atom is -0.465 e. The SMILES string of the molecule is COC(=O)c1cccc(N(CC(=O)NC(C)C)C(C)=O)c1. The predicted molar refractivity (Wildman–Crippen MR) is 79.1 cm³/mol. The van der Waals surface area contributed by atoms with Gasteiger partial charge in [0, 0.05) is 18.7 Å². The molecule has 1 N–H and O–H groups in total. The molecule has 0 aliphatic carbocycles. The van der Waals surface area contributed by atoms with Crippen LogP contribution in [0.25, 0.3) is 0 Å². The average molecular weight is 292 g/mol. The van der Waals surface area contributed by atoms with Crippen molar-refractivity contribution in [3.05, 3.63) is 29.8 Å². The Hall–Kier alpha value is -2.37. The van der Waals surface area contributed by atoms with Crippen molar-refractivity contribution >= 4 is 23.5 Å². The van der Waals surface area contributed by atoms with E-state index in [-0.39, 0.29) is 24.4 Å². The molecule has 21 heavy (non-hydrogen) atoms. The topological polar surface area (TPSA) is 75.7 Å². The number of ether oxygens (including phenoxy) is 1. The summed E-state index contributed by atoms with van der Waals surface area (Å²) in [5.74, 6) is -1.04. The third-order valence-corrected chi connectivity index (χ3v) is 2.71. The maximum atomic E-state index is 11.8. The molecule has 0 saturated heterocycles. The van der Waals surface area contributed by atoms with Crippen LogP contribution in [0.2, 0.25) is 0 Å². The molecule has 0 aliphatic rings. The summed E-state index contributed by atoms with van der Waals surface area (Å²) in [7, 11) is 1.29. The molecule has 0 aromatic heterocycles. The molecule has 6 heteroatoms. The van der Waals surface area contributed by atoms with Gasteiger partial charge in [0.15, 0.2) is 0 Å². The van der Waals surface area contributed by atoms with E-state index in [1.54, 1.807) is 18.2 Å². The number of hydrogen-bond acceptors (Lipinski definition) is 4. The molecule has 1 aromatic carbocycles. The molecular weight excluding hydrogens is 272 g/mol. The first-order valence-corrected chi connectivity index (χ1v) is 6.61. The second-order valence-corrected chi connectivity index (χ2v) is 4.87. The van der Waals surface area contributed by atoms with Crippen LogP contribution in [-0.2, 0) is 14.3 Å². The lowest BCUT2D eigenvalue weighted by molar-refractivity contribution is -0.123. The van der Waals surface area contributed by atoms with Gasteiger partial charge in [-0.15, -0.1) is 0 Å². The molecule has 0 unspecified atom stereocenters. The van der Waals surface area contributed by atoms with Crippen molar-refractivity contribution in [3.63, 3.8) is 0 Å². The molecule has 1 aromatic rings. The van der Waals surface area contributed by atoms with Crippen molar-refractivity contribution in [1.82, 2.24) is 5.32 Å². The van der Waals surface area contributed by atoms with Crippen molar-refractivity contribution in [2.75, 3.05) is 18.6 Å². The lowest BCUT2D eigenvalue weighted by Gasteiger charge is -2.21. The highest BCUT2D eigenvalue weighted by Crippen LogP contribution is 2.17. The quantitative estimate of drug-likeness (QED) is 0.831. The zero-order valence-electron chi connectivity index (χ0n) is 12.7. The second kappa shape index (κ2) is 7.42. The lowest BCUT2D eigenvalue weighted by atomic mass is 10.2. The summed E-state index contributed by atoms with van der Waals surface area (Å²) < 4.78 is 4.64. The fraction of sp³-hybridized carbons (Fsp3) is 0.400. The van der Waals surface area contributed by atoms with Gasteiger partial charge in [-0.2, -0.15) is 0 Å². The molecule has 0 heterocycles. The molecule has 1 rings (SSSR count). The number of methoxy groups -OCH3 is 1. The summed E-state index contributed by atoms with van der Waals surface area (Å²) in [4.78, 5) is 36.4. The first-order valence-electron chi connectivity index (χ1n) is 6.61. The number of amides is 2. The van der Waals surface area contributed by atoms with Gasteiger partial charge < -0.3 is 15.0 Å². The molecule has 6 nitrogen and oxygen atoms in total. The van der Waals surface area contributed by atoms with Gasteiger partial charge in [0.2, 0.25) is 11.8 Å². The monoisotopic (exact) mass is 292 g/mol. The van der Waals surface area contributed by atoms with Gasteiger partial charge in [-0.1, -0.05) is 6.07 Å². The number of nitrogens with one attached hydrogen (secondary N) is 1. The Kier molecular flexibility index (Phi) is 5.90. The first kappa shape index (κ1) is 16.7. The van der Waals surface area contributed by atoms with Crippen LogP contribution in [0.5, 0.6) is 0 Å². The predicted octanol–water partition coefficient (Wildman–Crippen LogP) is 1.35. The molecule has 0 atom stereocenters. The molecule has 0 spiro atoms. The molecule has 2 amide bonds. The summed E-state index contributed by atoms with van der Waals surface area (Å²) in [5.41, 5.74) is 0.801. The molecular formula is C15H20N2O4. The van der Waals surface area contributed by atoms with E-state index in [1.165, 1.54) is 25.0 Å². The van der Waals surface area contributed by atoms with Crippen LogP contribution in [0, 0.1) is 0 Å². The number of carbonyl (C=O) groups excluding carboxylic acids is 3. The second-order valence-electron chi connectivity index (χ2n) is 4.87. The van der Waals surface area contributed by atoms with Crippen LogP contribution in [0.1, 0.15) is 31.1 Å². The summed E-state index contributed by atoms with van der Waals surface area (Å²) in [6.45, 7) is 4.95. The van der Waals surface area contributed by atoms with Crippen LogP contribution in [0.3, 0.4) is 0 Å². The van der Waals surface area contributed by atoms with E-state index in [1.807, 2.05) is 13.8 Å². The smallest absolute Gasteiger partial charge is 0.337 e. The zero-order valence-corrected chi connectivity index (χ0v) is 12.7. The Balaban J connectivity index is 2.98. The van der Waals surface area contributed by atoms with E-state index >= 15 is 0 Å². The van der Waals surface area contributed by atoms with Crippen LogP contribution < -0.4 is 10.2 Å². The molecule has 0 fully saturated rings. The highest BCUT2D eigenvalue weighted by Gasteiger charge is 2.17. The van der Waals surface area contributed by atoms with Gasteiger partial charge in [0.25, 0.3) is 0 Å². The number of nitrogens with zero attached hydrogens (tertiary/aromatic N) is 1. The summed E-state index contributed by atoms with van der Waals surface area (Å²) in [5, 5.41) is 2.72. The molecule has 0 bridgehead atoms. The maximum absolute atomic E-state index is 11.8. The number of hydrogen-bond donors (Lipinski definition) is 1. The fourth-order valence-electron chi connectivity index (χ4n) is 1.81. The van der Waals surface area contributed by atoms with E-state index in [2.05, 4.69) is 10.1 Å². The summed E-state index contributed by atoms with van der Waals surface area (Å²) in [6.07, 6.45) is 0. The highest BCUT2D eigenvalue weighted by molar-refractivity contribution is 5.99. The Labute approximate surface area is 124 Å². The number of rotatable bonds is 5. The van der Waals surface area contributed by atoms with Crippen molar-refractivity contribution < 1.29 is 19.1 Å². The lowest BCUT2D eigenvalue weighted by Crippen LogP contribution is -2.42.